The van der Waals surface area contributed by atoms with Crippen LogP contribution in [0.3, 0.4) is 0 Å². The summed E-state index contributed by atoms with van der Waals surface area (Å²) in [5.74, 6) is 0.0915. The zero-order chi connectivity index (χ0) is 18.6. The summed E-state index contributed by atoms with van der Waals surface area (Å²) in [7, 11) is 0. The van der Waals surface area contributed by atoms with Crippen LogP contribution in [0.15, 0.2) is 66.7 Å². The molecule has 0 bridgehead atoms. The molecule has 29 heavy (non-hydrogen) atoms. The van der Waals surface area contributed by atoms with E-state index in [1.807, 2.05) is 48.5 Å². The number of thiazole rings is 1. The van der Waals surface area contributed by atoms with Crippen molar-refractivity contribution in [3.05, 3.63) is 77.3 Å². The normalized spacial score (nSPS) is 19.1. The van der Waals surface area contributed by atoms with Gasteiger partial charge in [-0.15, -0.1) is 36.2 Å². The molecule has 0 fully saturated rings. The number of rotatable bonds is 5. The quantitative estimate of drug-likeness (QED) is 0.538. The SMILES string of the molecule is Cl.Cl.NC(CNC(=O)C1CC=CCC1c1nc2ccccc2s1)c1ccccc1. The Morgan fingerprint density at radius 2 is 1.76 bits per heavy atom. The molecule has 4 nitrogen and oxygen atoms in total. The van der Waals surface area contributed by atoms with Crippen molar-refractivity contribution in [3.63, 3.8) is 0 Å². The van der Waals surface area contributed by atoms with Gasteiger partial charge in [-0.05, 0) is 30.5 Å². The highest BCUT2D eigenvalue weighted by atomic mass is 35.5. The number of para-hydroxylation sites is 1. The minimum Gasteiger partial charge on any atom is -0.354 e. The molecule has 1 amide bonds. The van der Waals surface area contributed by atoms with Crippen molar-refractivity contribution in [1.82, 2.24) is 10.3 Å². The fourth-order valence-electron chi connectivity index (χ4n) is 3.59. The fourth-order valence-corrected chi connectivity index (χ4v) is 4.73. The number of aromatic nitrogens is 1. The van der Waals surface area contributed by atoms with Gasteiger partial charge in [0.15, 0.2) is 0 Å². The minimum atomic E-state index is -0.199. The molecule has 3 N–H and O–H groups in total. The zero-order valence-corrected chi connectivity index (χ0v) is 18.3. The standard InChI is InChI=1S/C22H23N3OS.2ClH/c23-18(15-8-2-1-3-9-15)14-24-21(26)16-10-4-5-11-17(16)22-25-19-12-6-7-13-20(19)27-22;;/h1-9,12-13,16-18H,10-11,14,23H2,(H,24,26);2*1H. The smallest absolute Gasteiger partial charge is 0.224 e. The van der Waals surface area contributed by atoms with Crippen molar-refractivity contribution in [2.24, 2.45) is 11.7 Å². The van der Waals surface area contributed by atoms with Gasteiger partial charge in [0.1, 0.15) is 0 Å². The van der Waals surface area contributed by atoms with Gasteiger partial charge in [0.25, 0.3) is 0 Å². The second kappa shape index (κ2) is 10.7. The molecule has 1 aliphatic carbocycles. The Labute approximate surface area is 187 Å². The van der Waals surface area contributed by atoms with Crippen LogP contribution >= 0.6 is 36.2 Å². The molecule has 3 unspecified atom stereocenters. The number of carbonyl (C=O) groups is 1. The van der Waals surface area contributed by atoms with E-state index in [4.69, 9.17) is 10.7 Å². The van der Waals surface area contributed by atoms with Gasteiger partial charge in [-0.25, -0.2) is 4.98 Å². The summed E-state index contributed by atoms with van der Waals surface area (Å²) < 4.78 is 1.17. The fraction of sp³-hybridized carbons (Fsp3) is 0.273. The van der Waals surface area contributed by atoms with E-state index < -0.39 is 0 Å². The zero-order valence-electron chi connectivity index (χ0n) is 15.9. The molecule has 7 heteroatoms. The molecule has 0 aliphatic heterocycles. The van der Waals surface area contributed by atoms with Crippen molar-refractivity contribution < 1.29 is 4.79 Å². The summed E-state index contributed by atoms with van der Waals surface area (Å²) in [6.45, 7) is 0.440. The summed E-state index contributed by atoms with van der Waals surface area (Å²) >= 11 is 1.70. The van der Waals surface area contributed by atoms with E-state index in [2.05, 4.69) is 23.5 Å². The molecule has 2 aromatic carbocycles. The van der Waals surface area contributed by atoms with Gasteiger partial charge in [0, 0.05) is 18.5 Å². The summed E-state index contributed by atoms with van der Waals surface area (Å²) in [5.41, 5.74) is 8.27. The molecule has 0 radical (unpaired) electrons. The Morgan fingerprint density at radius 1 is 1.07 bits per heavy atom. The summed E-state index contributed by atoms with van der Waals surface area (Å²) in [6.07, 6.45) is 5.86. The average molecular weight is 450 g/mol. The van der Waals surface area contributed by atoms with Gasteiger partial charge in [-0.3, -0.25) is 4.79 Å². The molecule has 3 atom stereocenters. The number of nitrogens with two attached hydrogens (primary N) is 1. The summed E-state index contributed by atoms with van der Waals surface area (Å²) in [5, 5.41) is 4.11. The van der Waals surface area contributed by atoms with Crippen LogP contribution in [0.5, 0.6) is 0 Å². The van der Waals surface area contributed by atoms with Crippen LogP contribution < -0.4 is 11.1 Å². The van der Waals surface area contributed by atoms with E-state index >= 15 is 0 Å². The molecule has 1 aromatic heterocycles. The molecule has 3 aromatic rings. The number of hydrogen-bond donors (Lipinski definition) is 2. The predicted octanol–water partition coefficient (Wildman–Crippen LogP) is 5.01. The number of fused-ring (bicyclic) bond motifs is 1. The average Bonchev–Trinajstić information content (AvgIpc) is 3.16. The molecular weight excluding hydrogens is 425 g/mol. The van der Waals surface area contributed by atoms with Crippen LogP contribution in [-0.4, -0.2) is 17.4 Å². The van der Waals surface area contributed by atoms with Crippen molar-refractivity contribution in [1.29, 1.82) is 0 Å². The monoisotopic (exact) mass is 449 g/mol. The molecule has 0 spiro atoms. The second-order valence-corrected chi connectivity index (χ2v) is 8.00. The lowest BCUT2D eigenvalue weighted by atomic mass is 9.82. The maximum atomic E-state index is 12.9. The first-order valence-electron chi connectivity index (χ1n) is 9.31. The highest BCUT2D eigenvalue weighted by molar-refractivity contribution is 7.18. The van der Waals surface area contributed by atoms with Gasteiger partial charge >= 0.3 is 0 Å². The number of halogens is 2. The first-order chi connectivity index (χ1) is 13.2. The van der Waals surface area contributed by atoms with Crippen molar-refractivity contribution in [2.75, 3.05) is 6.54 Å². The number of nitrogens with one attached hydrogen (secondary N) is 1. The highest BCUT2D eigenvalue weighted by Crippen LogP contribution is 2.38. The third-order valence-electron chi connectivity index (χ3n) is 5.12. The number of hydrogen-bond acceptors (Lipinski definition) is 4. The van der Waals surface area contributed by atoms with Crippen LogP contribution in [0, 0.1) is 5.92 Å². The molecule has 154 valence electrons. The van der Waals surface area contributed by atoms with Gasteiger partial charge in [0.05, 0.1) is 21.1 Å². The van der Waals surface area contributed by atoms with Crippen LogP contribution in [0.25, 0.3) is 10.2 Å². The van der Waals surface area contributed by atoms with E-state index in [-0.39, 0.29) is 48.6 Å². The summed E-state index contributed by atoms with van der Waals surface area (Å²) in [6, 6.07) is 17.8. The predicted molar refractivity (Wildman–Crippen MR) is 125 cm³/mol. The van der Waals surface area contributed by atoms with Crippen LogP contribution in [0.4, 0.5) is 0 Å². The second-order valence-electron chi connectivity index (χ2n) is 6.94. The van der Waals surface area contributed by atoms with Crippen LogP contribution in [-0.2, 0) is 4.79 Å². The van der Waals surface area contributed by atoms with Gasteiger partial charge in [0.2, 0.25) is 5.91 Å². The van der Waals surface area contributed by atoms with Crippen LogP contribution in [0.1, 0.15) is 35.4 Å². The molecule has 0 saturated heterocycles. The number of amides is 1. The lowest BCUT2D eigenvalue weighted by Gasteiger charge is -2.26. The van der Waals surface area contributed by atoms with Crippen molar-refractivity contribution in [3.8, 4) is 0 Å². The number of benzene rings is 2. The Bertz CT molecular complexity index is 928. The largest absolute Gasteiger partial charge is 0.354 e. The molecule has 1 aliphatic rings. The molecule has 4 rings (SSSR count). The van der Waals surface area contributed by atoms with Gasteiger partial charge < -0.3 is 11.1 Å². The molecular formula is C22H25Cl2N3OS. The third-order valence-corrected chi connectivity index (χ3v) is 6.29. The van der Waals surface area contributed by atoms with E-state index in [1.165, 1.54) is 4.70 Å². The van der Waals surface area contributed by atoms with Crippen LogP contribution in [0.2, 0.25) is 0 Å². The van der Waals surface area contributed by atoms with Gasteiger partial charge in [-0.1, -0.05) is 54.6 Å². The van der Waals surface area contributed by atoms with E-state index in [0.29, 0.717) is 6.54 Å². The maximum Gasteiger partial charge on any atom is 0.224 e. The molecule has 1 heterocycles. The first kappa shape index (κ1) is 23.4. The lowest BCUT2D eigenvalue weighted by molar-refractivity contribution is -0.125. The lowest BCUT2D eigenvalue weighted by Crippen LogP contribution is -2.38. The summed E-state index contributed by atoms with van der Waals surface area (Å²) in [4.78, 5) is 17.7. The Hall–Kier alpha value is -1.92. The van der Waals surface area contributed by atoms with Gasteiger partial charge in [-0.2, -0.15) is 0 Å². The Balaban J connectivity index is 0.00000150. The van der Waals surface area contributed by atoms with E-state index in [0.717, 1.165) is 28.9 Å². The van der Waals surface area contributed by atoms with E-state index in [1.54, 1.807) is 11.3 Å². The molecule has 0 saturated carbocycles. The number of carbonyl (C=O) groups excluding carboxylic acids is 1. The third kappa shape index (κ3) is 5.37. The van der Waals surface area contributed by atoms with Crippen molar-refractivity contribution >= 4 is 52.3 Å². The Kier molecular flexibility index (Phi) is 8.65. The maximum absolute atomic E-state index is 12.9. The topological polar surface area (TPSA) is 68.0 Å². The Morgan fingerprint density at radius 3 is 2.52 bits per heavy atom. The highest BCUT2D eigenvalue weighted by Gasteiger charge is 2.32. The van der Waals surface area contributed by atoms with Crippen molar-refractivity contribution in [2.45, 2.75) is 24.8 Å². The van der Waals surface area contributed by atoms with E-state index in [9.17, 15) is 4.79 Å². The number of nitrogens with zero attached hydrogens (tertiary/aromatic N) is 1. The first-order valence-corrected chi connectivity index (χ1v) is 10.1. The minimum absolute atomic E-state index is 0. The number of allylic oxidation sites excluding steroid dienone is 2.